The summed E-state index contributed by atoms with van der Waals surface area (Å²) in [4.78, 5) is 0. The van der Waals surface area contributed by atoms with Crippen molar-refractivity contribution in [3.05, 3.63) is 24.3 Å². The van der Waals surface area contributed by atoms with Gasteiger partial charge in [-0.2, -0.15) is 0 Å². The van der Waals surface area contributed by atoms with Crippen LogP contribution < -0.4 is 0 Å². The van der Waals surface area contributed by atoms with Crippen LogP contribution >= 0.6 is 0 Å². The van der Waals surface area contributed by atoms with Gasteiger partial charge in [0.05, 0.1) is 0 Å². The topological polar surface area (TPSA) is 18.5 Å². The zero-order valence-corrected chi connectivity index (χ0v) is 6.33. The summed E-state index contributed by atoms with van der Waals surface area (Å²) >= 11 is 0. The maximum absolute atomic E-state index is 5.17. The summed E-state index contributed by atoms with van der Waals surface area (Å²) in [6.07, 6.45) is 8.63. The maximum atomic E-state index is 5.17. The molecule has 0 saturated carbocycles. The molecule has 0 amide bonds. The fraction of sp³-hybridized carbons (Fsp3) is 0.500. The number of rotatable bonds is 2. The Bertz CT molecular complexity index is 155. The maximum Gasteiger partial charge on any atom is 0.190 e. The van der Waals surface area contributed by atoms with Gasteiger partial charge < -0.3 is 9.47 Å². The Hall–Kier alpha value is -0.600. The third-order valence-corrected chi connectivity index (χ3v) is 1.69. The number of hydrogen-bond acceptors (Lipinski definition) is 2. The lowest BCUT2D eigenvalue weighted by atomic mass is 10.1. The molecule has 2 heteroatoms. The Morgan fingerprint density at radius 3 is 2.20 bits per heavy atom. The molecule has 0 radical (unpaired) electrons. The second-order valence-electron chi connectivity index (χ2n) is 2.21. The van der Waals surface area contributed by atoms with Crippen LogP contribution in [0.2, 0.25) is 0 Å². The molecule has 1 aliphatic carbocycles. The highest BCUT2D eigenvalue weighted by Crippen LogP contribution is 2.21. The van der Waals surface area contributed by atoms with E-state index in [-0.39, 0.29) is 0 Å². The minimum atomic E-state index is -0.505. The van der Waals surface area contributed by atoms with Gasteiger partial charge in [-0.05, 0) is 6.08 Å². The van der Waals surface area contributed by atoms with Crippen molar-refractivity contribution < 1.29 is 9.47 Å². The van der Waals surface area contributed by atoms with Crippen molar-refractivity contribution in [1.29, 1.82) is 0 Å². The smallest absolute Gasteiger partial charge is 0.190 e. The standard InChI is InChI=1S/C8H12O2/c1-9-8(10-2)6-4-3-5-7-8/h3-6H,7H2,1-2H3. The van der Waals surface area contributed by atoms with E-state index in [0.29, 0.717) is 0 Å². The Morgan fingerprint density at radius 2 is 1.90 bits per heavy atom. The molecule has 0 unspecified atom stereocenters. The third-order valence-electron chi connectivity index (χ3n) is 1.69. The first-order valence-electron chi connectivity index (χ1n) is 3.28. The molecule has 56 valence electrons. The Kier molecular flexibility index (Phi) is 2.25. The lowest BCUT2D eigenvalue weighted by Gasteiger charge is -2.27. The van der Waals surface area contributed by atoms with Crippen molar-refractivity contribution >= 4 is 0 Å². The summed E-state index contributed by atoms with van der Waals surface area (Å²) in [5, 5.41) is 0. The summed E-state index contributed by atoms with van der Waals surface area (Å²) in [7, 11) is 3.29. The number of methoxy groups -OCH3 is 2. The first-order chi connectivity index (χ1) is 4.83. The molecule has 0 aliphatic heterocycles. The Balaban J connectivity index is 2.66. The first-order valence-corrected chi connectivity index (χ1v) is 3.28. The summed E-state index contributed by atoms with van der Waals surface area (Å²) in [5.41, 5.74) is 0. The van der Waals surface area contributed by atoms with Crippen molar-refractivity contribution in [2.24, 2.45) is 0 Å². The molecule has 0 aromatic carbocycles. The predicted molar refractivity (Wildman–Crippen MR) is 39.6 cm³/mol. The first kappa shape index (κ1) is 7.51. The molecule has 0 aromatic rings. The van der Waals surface area contributed by atoms with Gasteiger partial charge in [0.15, 0.2) is 5.79 Å². The highest BCUT2D eigenvalue weighted by molar-refractivity contribution is 5.15. The van der Waals surface area contributed by atoms with E-state index in [0.717, 1.165) is 6.42 Å². The van der Waals surface area contributed by atoms with Gasteiger partial charge in [-0.3, -0.25) is 0 Å². The van der Waals surface area contributed by atoms with Crippen molar-refractivity contribution in [2.45, 2.75) is 12.2 Å². The van der Waals surface area contributed by atoms with E-state index >= 15 is 0 Å². The summed E-state index contributed by atoms with van der Waals surface area (Å²) in [6, 6.07) is 0. The van der Waals surface area contributed by atoms with Crippen molar-refractivity contribution in [1.82, 2.24) is 0 Å². The molecular weight excluding hydrogens is 128 g/mol. The third kappa shape index (κ3) is 1.28. The molecule has 0 spiro atoms. The number of allylic oxidation sites excluding steroid dienone is 2. The number of ether oxygens (including phenoxy) is 2. The van der Waals surface area contributed by atoms with Crippen molar-refractivity contribution in [2.75, 3.05) is 14.2 Å². The molecule has 0 N–H and O–H groups in total. The fourth-order valence-electron chi connectivity index (χ4n) is 0.967. The molecule has 2 nitrogen and oxygen atoms in total. The van der Waals surface area contributed by atoms with Crippen LogP contribution in [0.1, 0.15) is 6.42 Å². The van der Waals surface area contributed by atoms with Crippen LogP contribution in [0.25, 0.3) is 0 Å². The molecule has 0 bridgehead atoms. The Labute approximate surface area is 61.1 Å². The molecule has 0 aromatic heterocycles. The van der Waals surface area contributed by atoms with Crippen LogP contribution in [0.5, 0.6) is 0 Å². The van der Waals surface area contributed by atoms with Crippen LogP contribution in [-0.2, 0) is 9.47 Å². The zero-order valence-electron chi connectivity index (χ0n) is 6.33. The molecule has 1 rings (SSSR count). The highest BCUT2D eigenvalue weighted by atomic mass is 16.7. The molecule has 1 aliphatic rings. The van der Waals surface area contributed by atoms with E-state index < -0.39 is 5.79 Å². The second kappa shape index (κ2) is 2.99. The molecule has 10 heavy (non-hydrogen) atoms. The van der Waals surface area contributed by atoms with Crippen LogP contribution in [0.15, 0.2) is 24.3 Å². The fourth-order valence-corrected chi connectivity index (χ4v) is 0.967. The van der Waals surface area contributed by atoms with Gasteiger partial charge in [0, 0.05) is 20.6 Å². The van der Waals surface area contributed by atoms with E-state index in [2.05, 4.69) is 0 Å². The van der Waals surface area contributed by atoms with E-state index in [1.165, 1.54) is 0 Å². The van der Waals surface area contributed by atoms with Crippen molar-refractivity contribution in [3.63, 3.8) is 0 Å². The lowest BCUT2D eigenvalue weighted by Crippen LogP contribution is -2.31. The van der Waals surface area contributed by atoms with Gasteiger partial charge in [0.1, 0.15) is 0 Å². The highest BCUT2D eigenvalue weighted by Gasteiger charge is 2.25. The molecule has 0 heterocycles. The van der Waals surface area contributed by atoms with E-state index in [9.17, 15) is 0 Å². The second-order valence-corrected chi connectivity index (χ2v) is 2.21. The van der Waals surface area contributed by atoms with E-state index in [4.69, 9.17) is 9.47 Å². The monoisotopic (exact) mass is 140 g/mol. The lowest BCUT2D eigenvalue weighted by molar-refractivity contribution is -0.167. The van der Waals surface area contributed by atoms with Crippen LogP contribution in [0.4, 0.5) is 0 Å². The predicted octanol–water partition coefficient (Wildman–Crippen LogP) is 1.49. The number of hydrogen-bond donors (Lipinski definition) is 0. The zero-order chi connectivity index (χ0) is 7.45. The van der Waals surface area contributed by atoms with Gasteiger partial charge in [-0.1, -0.05) is 18.2 Å². The minimum absolute atomic E-state index is 0.505. The average Bonchev–Trinajstić information content (AvgIpc) is 2.06. The Morgan fingerprint density at radius 1 is 1.20 bits per heavy atom. The van der Waals surface area contributed by atoms with Gasteiger partial charge in [-0.25, -0.2) is 0 Å². The summed E-state index contributed by atoms with van der Waals surface area (Å²) in [6.45, 7) is 0. The van der Waals surface area contributed by atoms with E-state index in [1.54, 1.807) is 14.2 Å². The van der Waals surface area contributed by atoms with Crippen molar-refractivity contribution in [3.8, 4) is 0 Å². The molecule has 0 fully saturated rings. The normalized spacial score (nSPS) is 21.4. The minimum Gasteiger partial charge on any atom is -0.349 e. The molecular formula is C8H12O2. The quantitative estimate of drug-likeness (QED) is 0.541. The van der Waals surface area contributed by atoms with E-state index in [1.807, 2.05) is 24.3 Å². The van der Waals surface area contributed by atoms with Crippen LogP contribution in [0, 0.1) is 0 Å². The van der Waals surface area contributed by atoms with Gasteiger partial charge >= 0.3 is 0 Å². The largest absolute Gasteiger partial charge is 0.349 e. The van der Waals surface area contributed by atoms with Crippen LogP contribution in [0.3, 0.4) is 0 Å². The average molecular weight is 140 g/mol. The van der Waals surface area contributed by atoms with Crippen LogP contribution in [-0.4, -0.2) is 20.0 Å². The van der Waals surface area contributed by atoms with Gasteiger partial charge in [-0.15, -0.1) is 0 Å². The molecule has 0 saturated heterocycles. The van der Waals surface area contributed by atoms with Gasteiger partial charge in [0.2, 0.25) is 0 Å². The SMILES string of the molecule is COC1(OC)C=CC=CC1. The molecule has 0 atom stereocenters. The van der Waals surface area contributed by atoms with Gasteiger partial charge in [0.25, 0.3) is 0 Å². The summed E-state index contributed by atoms with van der Waals surface area (Å²) < 4.78 is 10.3. The summed E-state index contributed by atoms with van der Waals surface area (Å²) in [5.74, 6) is -0.505.